The number of para-hydroxylation sites is 2. The summed E-state index contributed by atoms with van der Waals surface area (Å²) in [4.78, 5) is 31.6. The summed E-state index contributed by atoms with van der Waals surface area (Å²) < 4.78 is 7.49. The van der Waals surface area contributed by atoms with Gasteiger partial charge in [0.2, 0.25) is 11.8 Å². The third-order valence-corrected chi connectivity index (χ3v) is 5.68. The average Bonchev–Trinajstić information content (AvgIpc) is 3.40. The SMILES string of the molecule is COc1ccccc1N1CC(C(=O)Nc2cccc(Cn3ccnc3C(C)C)c2)CC1=O. The Morgan fingerprint density at radius 1 is 1.22 bits per heavy atom. The zero-order valence-corrected chi connectivity index (χ0v) is 18.6. The van der Waals surface area contributed by atoms with Gasteiger partial charge < -0.3 is 19.5 Å². The third kappa shape index (κ3) is 4.51. The fourth-order valence-electron chi connectivity index (χ4n) is 4.11. The molecule has 1 fully saturated rings. The minimum Gasteiger partial charge on any atom is -0.495 e. The van der Waals surface area contributed by atoms with Gasteiger partial charge in [-0.25, -0.2) is 4.98 Å². The molecule has 0 aliphatic carbocycles. The van der Waals surface area contributed by atoms with E-state index in [4.69, 9.17) is 4.74 Å². The fraction of sp³-hybridized carbons (Fsp3) is 0.320. The van der Waals surface area contributed by atoms with Crippen LogP contribution in [0.5, 0.6) is 5.75 Å². The van der Waals surface area contributed by atoms with Gasteiger partial charge in [-0.05, 0) is 29.8 Å². The van der Waals surface area contributed by atoms with Crippen LogP contribution in [0.2, 0.25) is 0 Å². The van der Waals surface area contributed by atoms with Crippen molar-refractivity contribution in [2.75, 3.05) is 23.9 Å². The van der Waals surface area contributed by atoms with Crippen molar-refractivity contribution in [3.63, 3.8) is 0 Å². The number of hydrogen-bond acceptors (Lipinski definition) is 4. The second kappa shape index (κ2) is 9.26. The molecule has 0 radical (unpaired) electrons. The molecule has 1 aliphatic rings. The van der Waals surface area contributed by atoms with Gasteiger partial charge in [-0.3, -0.25) is 9.59 Å². The zero-order valence-electron chi connectivity index (χ0n) is 18.6. The average molecular weight is 433 g/mol. The first-order valence-electron chi connectivity index (χ1n) is 10.8. The smallest absolute Gasteiger partial charge is 0.229 e. The molecule has 2 aromatic carbocycles. The number of aromatic nitrogens is 2. The minimum absolute atomic E-state index is 0.0790. The van der Waals surface area contributed by atoms with E-state index in [1.165, 1.54) is 0 Å². The molecule has 2 heterocycles. The summed E-state index contributed by atoms with van der Waals surface area (Å²) in [5, 5.41) is 2.99. The Morgan fingerprint density at radius 3 is 2.81 bits per heavy atom. The van der Waals surface area contributed by atoms with Crippen LogP contribution in [0, 0.1) is 5.92 Å². The lowest BCUT2D eigenvalue weighted by Gasteiger charge is -2.19. The molecular weight excluding hydrogens is 404 g/mol. The Bertz CT molecular complexity index is 1120. The maximum absolute atomic E-state index is 12.9. The number of imidazole rings is 1. The Kier molecular flexibility index (Phi) is 6.25. The normalized spacial score (nSPS) is 15.9. The number of anilines is 2. The highest BCUT2D eigenvalue weighted by molar-refractivity contribution is 6.04. The summed E-state index contributed by atoms with van der Waals surface area (Å²) in [6.07, 6.45) is 3.96. The van der Waals surface area contributed by atoms with Gasteiger partial charge in [0.15, 0.2) is 0 Å². The lowest BCUT2D eigenvalue weighted by Crippen LogP contribution is -2.28. The van der Waals surface area contributed by atoms with Crippen LogP contribution in [0.4, 0.5) is 11.4 Å². The third-order valence-electron chi connectivity index (χ3n) is 5.68. The first-order valence-corrected chi connectivity index (χ1v) is 10.8. The highest BCUT2D eigenvalue weighted by Gasteiger charge is 2.36. The lowest BCUT2D eigenvalue weighted by molar-refractivity contribution is -0.122. The summed E-state index contributed by atoms with van der Waals surface area (Å²) in [6.45, 7) is 5.25. The van der Waals surface area contributed by atoms with Crippen LogP contribution in [0.25, 0.3) is 0 Å². The number of methoxy groups -OCH3 is 1. The van der Waals surface area contributed by atoms with Gasteiger partial charge in [0.25, 0.3) is 0 Å². The van der Waals surface area contributed by atoms with Crippen molar-refractivity contribution in [1.29, 1.82) is 0 Å². The summed E-state index contributed by atoms with van der Waals surface area (Å²) in [5.41, 5.74) is 2.49. The van der Waals surface area contributed by atoms with Gasteiger partial charge in [-0.15, -0.1) is 0 Å². The van der Waals surface area contributed by atoms with Crippen molar-refractivity contribution < 1.29 is 14.3 Å². The number of ether oxygens (including phenoxy) is 1. The highest BCUT2D eigenvalue weighted by Crippen LogP contribution is 2.33. The Morgan fingerprint density at radius 2 is 2.03 bits per heavy atom. The largest absolute Gasteiger partial charge is 0.495 e. The predicted octanol–water partition coefficient (Wildman–Crippen LogP) is 4.06. The molecule has 1 atom stereocenters. The number of benzene rings is 2. The summed E-state index contributed by atoms with van der Waals surface area (Å²) in [6, 6.07) is 15.2. The van der Waals surface area contributed by atoms with E-state index >= 15 is 0 Å². The van der Waals surface area contributed by atoms with Gasteiger partial charge in [0.05, 0.1) is 18.7 Å². The summed E-state index contributed by atoms with van der Waals surface area (Å²) in [7, 11) is 1.57. The van der Waals surface area contributed by atoms with Crippen molar-refractivity contribution in [1.82, 2.24) is 9.55 Å². The maximum Gasteiger partial charge on any atom is 0.229 e. The van der Waals surface area contributed by atoms with Gasteiger partial charge in [-0.2, -0.15) is 0 Å². The van der Waals surface area contributed by atoms with E-state index in [9.17, 15) is 9.59 Å². The first kappa shape index (κ1) is 21.6. The molecule has 4 rings (SSSR count). The monoisotopic (exact) mass is 432 g/mol. The topological polar surface area (TPSA) is 76.5 Å². The van der Waals surface area contributed by atoms with Crippen LogP contribution >= 0.6 is 0 Å². The molecular formula is C25H28N4O3. The van der Waals surface area contributed by atoms with E-state index in [-0.39, 0.29) is 18.2 Å². The molecule has 1 aliphatic heterocycles. The highest BCUT2D eigenvalue weighted by atomic mass is 16.5. The van der Waals surface area contributed by atoms with Crippen LogP contribution in [-0.2, 0) is 16.1 Å². The molecule has 0 saturated carbocycles. The van der Waals surface area contributed by atoms with E-state index in [2.05, 4.69) is 28.7 Å². The standard InChI is InChI=1S/C25H28N4O3/c1-17(2)24-26-11-12-28(24)15-18-7-6-8-20(13-18)27-25(31)19-14-23(30)29(16-19)21-9-4-5-10-22(21)32-3/h4-13,17,19H,14-16H2,1-3H3,(H,27,31). The summed E-state index contributed by atoms with van der Waals surface area (Å²) >= 11 is 0. The Balaban J connectivity index is 1.44. The van der Waals surface area contributed by atoms with Crippen LogP contribution in [-0.4, -0.2) is 35.0 Å². The van der Waals surface area contributed by atoms with E-state index in [0.29, 0.717) is 30.4 Å². The van der Waals surface area contributed by atoms with Crippen molar-refractivity contribution in [2.45, 2.75) is 32.7 Å². The van der Waals surface area contributed by atoms with Crippen LogP contribution in [0.3, 0.4) is 0 Å². The quantitative estimate of drug-likeness (QED) is 0.611. The molecule has 166 valence electrons. The van der Waals surface area contributed by atoms with Gasteiger partial charge in [0, 0.05) is 43.5 Å². The maximum atomic E-state index is 12.9. The molecule has 2 amide bonds. The Hall–Kier alpha value is -3.61. The number of amides is 2. The number of nitrogens with one attached hydrogen (secondary N) is 1. The molecule has 1 N–H and O–H groups in total. The first-order chi connectivity index (χ1) is 15.5. The number of rotatable bonds is 7. The number of hydrogen-bond donors (Lipinski definition) is 1. The zero-order chi connectivity index (χ0) is 22.7. The molecule has 1 saturated heterocycles. The van der Waals surface area contributed by atoms with Crippen molar-refractivity contribution in [3.05, 3.63) is 72.3 Å². The number of carbonyl (C=O) groups excluding carboxylic acids is 2. The lowest BCUT2D eigenvalue weighted by atomic mass is 10.1. The second-order valence-corrected chi connectivity index (χ2v) is 8.33. The van der Waals surface area contributed by atoms with Crippen LogP contribution in [0.1, 0.15) is 37.6 Å². The van der Waals surface area contributed by atoms with Crippen molar-refractivity contribution >= 4 is 23.2 Å². The van der Waals surface area contributed by atoms with E-state index < -0.39 is 5.92 Å². The predicted molar refractivity (Wildman–Crippen MR) is 124 cm³/mol. The van der Waals surface area contributed by atoms with Crippen LogP contribution in [0.15, 0.2) is 60.9 Å². The molecule has 0 spiro atoms. The number of nitrogens with zero attached hydrogens (tertiary/aromatic N) is 3. The van der Waals surface area contributed by atoms with Gasteiger partial charge in [0.1, 0.15) is 11.6 Å². The molecule has 7 nitrogen and oxygen atoms in total. The molecule has 1 aromatic heterocycles. The van der Waals surface area contributed by atoms with Crippen LogP contribution < -0.4 is 15.0 Å². The molecule has 32 heavy (non-hydrogen) atoms. The van der Waals surface area contributed by atoms with Gasteiger partial charge >= 0.3 is 0 Å². The van der Waals surface area contributed by atoms with Crippen molar-refractivity contribution in [3.8, 4) is 5.75 Å². The van der Waals surface area contributed by atoms with E-state index in [1.54, 1.807) is 12.0 Å². The van der Waals surface area contributed by atoms with E-state index in [0.717, 1.165) is 17.1 Å². The molecule has 0 bridgehead atoms. The molecule has 1 unspecified atom stereocenters. The van der Waals surface area contributed by atoms with E-state index in [1.807, 2.05) is 60.9 Å². The minimum atomic E-state index is -0.419. The second-order valence-electron chi connectivity index (χ2n) is 8.33. The van der Waals surface area contributed by atoms with Gasteiger partial charge in [-0.1, -0.05) is 38.1 Å². The molecule has 7 heteroatoms. The summed E-state index contributed by atoms with van der Waals surface area (Å²) in [5.74, 6) is 1.33. The fourth-order valence-corrected chi connectivity index (χ4v) is 4.11. The Labute approximate surface area is 188 Å². The van der Waals surface area contributed by atoms with Crippen molar-refractivity contribution in [2.24, 2.45) is 5.92 Å². The number of carbonyl (C=O) groups is 2. The molecule has 3 aromatic rings.